The highest BCUT2D eigenvalue weighted by Crippen LogP contribution is 2.43. The molecule has 1 unspecified atom stereocenters. The molecule has 0 aromatic carbocycles. The summed E-state index contributed by atoms with van der Waals surface area (Å²) < 4.78 is 38.3. The molecule has 1 nitrogen and oxygen atoms in total. The van der Waals surface area contributed by atoms with E-state index in [9.17, 15) is 13.2 Å². The zero-order chi connectivity index (χ0) is 13.3. The summed E-state index contributed by atoms with van der Waals surface area (Å²) >= 11 is 7.25. The lowest BCUT2D eigenvalue weighted by Gasteiger charge is -2.32. The Morgan fingerprint density at radius 1 is 1.22 bits per heavy atom. The van der Waals surface area contributed by atoms with E-state index < -0.39 is 12.1 Å². The topological polar surface area (TPSA) is 26.0 Å². The van der Waals surface area contributed by atoms with Gasteiger partial charge in [0.15, 0.2) is 0 Å². The van der Waals surface area contributed by atoms with Gasteiger partial charge in [0.25, 0.3) is 0 Å². The molecule has 0 spiro atoms. The second-order valence-corrected chi connectivity index (χ2v) is 6.57. The SMILES string of the molecule is NC(c1ccc(Cl)s1)C1CCC(C(F)(F)F)CC1. The fraction of sp³-hybridized carbons (Fsp3) is 0.667. The molecule has 1 heterocycles. The quantitative estimate of drug-likeness (QED) is 0.836. The van der Waals surface area contributed by atoms with E-state index in [1.54, 1.807) is 6.07 Å². The second kappa shape index (κ2) is 5.39. The van der Waals surface area contributed by atoms with Gasteiger partial charge in [-0.15, -0.1) is 11.3 Å². The average molecular weight is 298 g/mol. The van der Waals surface area contributed by atoms with E-state index in [1.165, 1.54) is 11.3 Å². The van der Waals surface area contributed by atoms with Gasteiger partial charge in [0.1, 0.15) is 0 Å². The van der Waals surface area contributed by atoms with Crippen molar-refractivity contribution in [1.29, 1.82) is 0 Å². The van der Waals surface area contributed by atoms with Gasteiger partial charge in [-0.05, 0) is 43.7 Å². The zero-order valence-electron chi connectivity index (χ0n) is 9.71. The molecule has 2 rings (SSSR count). The second-order valence-electron chi connectivity index (χ2n) is 4.82. The van der Waals surface area contributed by atoms with Crippen molar-refractivity contribution in [2.75, 3.05) is 0 Å². The number of nitrogens with two attached hydrogens (primary N) is 1. The third-order valence-electron chi connectivity index (χ3n) is 3.67. The lowest BCUT2D eigenvalue weighted by Crippen LogP contribution is -2.31. The normalized spacial score (nSPS) is 27.2. The lowest BCUT2D eigenvalue weighted by molar-refractivity contribution is -0.184. The van der Waals surface area contributed by atoms with Crippen molar-refractivity contribution in [3.63, 3.8) is 0 Å². The minimum atomic E-state index is -4.05. The molecule has 1 aliphatic carbocycles. The van der Waals surface area contributed by atoms with Crippen LogP contribution in [0.4, 0.5) is 13.2 Å². The molecule has 1 saturated carbocycles. The zero-order valence-corrected chi connectivity index (χ0v) is 11.3. The molecule has 102 valence electrons. The van der Waals surface area contributed by atoms with Crippen LogP contribution in [0.5, 0.6) is 0 Å². The molecule has 0 bridgehead atoms. The number of thiophene rings is 1. The fourth-order valence-corrected chi connectivity index (χ4v) is 3.70. The minimum absolute atomic E-state index is 0.137. The van der Waals surface area contributed by atoms with Crippen molar-refractivity contribution in [2.24, 2.45) is 17.6 Å². The number of rotatable bonds is 2. The molecule has 1 fully saturated rings. The highest BCUT2D eigenvalue weighted by atomic mass is 35.5. The first kappa shape index (κ1) is 14.2. The first-order valence-electron chi connectivity index (χ1n) is 5.95. The summed E-state index contributed by atoms with van der Waals surface area (Å²) in [5.74, 6) is -1.01. The van der Waals surface area contributed by atoms with Crippen molar-refractivity contribution in [2.45, 2.75) is 37.9 Å². The lowest BCUT2D eigenvalue weighted by atomic mass is 9.78. The van der Waals surface area contributed by atoms with E-state index in [1.807, 2.05) is 6.07 Å². The van der Waals surface area contributed by atoms with Gasteiger partial charge < -0.3 is 5.73 Å². The largest absolute Gasteiger partial charge is 0.391 e. The first-order valence-corrected chi connectivity index (χ1v) is 7.15. The summed E-state index contributed by atoms with van der Waals surface area (Å²) in [6.07, 6.45) is -2.58. The van der Waals surface area contributed by atoms with Crippen molar-refractivity contribution in [3.05, 3.63) is 21.3 Å². The van der Waals surface area contributed by atoms with Gasteiger partial charge in [0, 0.05) is 10.9 Å². The van der Waals surface area contributed by atoms with Crippen LogP contribution < -0.4 is 5.73 Å². The van der Waals surface area contributed by atoms with E-state index in [2.05, 4.69) is 0 Å². The summed E-state index contributed by atoms with van der Waals surface area (Å²) in [6, 6.07) is 3.47. The molecule has 1 aliphatic rings. The number of halogens is 4. The summed E-state index contributed by atoms with van der Waals surface area (Å²) in [7, 11) is 0. The first-order chi connectivity index (χ1) is 8.38. The molecule has 1 aromatic heterocycles. The molecule has 2 N–H and O–H groups in total. The molecule has 1 aromatic rings. The maximum absolute atomic E-state index is 12.5. The minimum Gasteiger partial charge on any atom is -0.323 e. The molecular formula is C12H15ClF3NS. The van der Waals surface area contributed by atoms with Crippen molar-refractivity contribution >= 4 is 22.9 Å². The molecule has 0 amide bonds. The summed E-state index contributed by atoms with van der Waals surface area (Å²) in [4.78, 5) is 0.968. The molecule has 0 saturated heterocycles. The van der Waals surface area contributed by atoms with Gasteiger partial charge in [0.2, 0.25) is 0 Å². The summed E-state index contributed by atoms with van der Waals surface area (Å²) in [5.41, 5.74) is 6.11. The van der Waals surface area contributed by atoms with E-state index in [0.29, 0.717) is 17.2 Å². The number of hydrogen-bond acceptors (Lipinski definition) is 2. The van der Waals surface area contributed by atoms with Gasteiger partial charge in [-0.3, -0.25) is 0 Å². The van der Waals surface area contributed by atoms with E-state index in [-0.39, 0.29) is 24.8 Å². The fourth-order valence-electron chi connectivity index (χ4n) is 2.55. The Morgan fingerprint density at radius 3 is 2.28 bits per heavy atom. The third-order valence-corrected chi connectivity index (χ3v) is 5.00. The maximum Gasteiger partial charge on any atom is 0.391 e. The Kier molecular flexibility index (Phi) is 4.24. The number of hydrogen-bond donors (Lipinski definition) is 1. The monoisotopic (exact) mass is 297 g/mol. The van der Waals surface area contributed by atoms with Crippen LogP contribution in [0.1, 0.15) is 36.6 Å². The van der Waals surface area contributed by atoms with Gasteiger partial charge in [-0.2, -0.15) is 13.2 Å². The number of alkyl halides is 3. The molecule has 0 aliphatic heterocycles. The Hall–Kier alpha value is -0.260. The highest BCUT2D eigenvalue weighted by Gasteiger charge is 2.42. The van der Waals surface area contributed by atoms with Gasteiger partial charge in [0.05, 0.1) is 10.3 Å². The van der Waals surface area contributed by atoms with Crippen molar-refractivity contribution in [1.82, 2.24) is 0 Å². The van der Waals surface area contributed by atoms with Crippen LogP contribution in [0.15, 0.2) is 12.1 Å². The van der Waals surface area contributed by atoms with Crippen molar-refractivity contribution < 1.29 is 13.2 Å². The van der Waals surface area contributed by atoms with Gasteiger partial charge in [-0.25, -0.2) is 0 Å². The summed E-state index contributed by atoms with van der Waals surface area (Å²) in [6.45, 7) is 0. The van der Waals surface area contributed by atoms with Crippen LogP contribution in [-0.4, -0.2) is 6.18 Å². The average Bonchev–Trinajstić information content (AvgIpc) is 2.74. The van der Waals surface area contributed by atoms with Crippen LogP contribution >= 0.6 is 22.9 Å². The summed E-state index contributed by atoms with van der Waals surface area (Å²) in [5, 5.41) is 0. The van der Waals surface area contributed by atoms with Crippen molar-refractivity contribution in [3.8, 4) is 0 Å². The van der Waals surface area contributed by atoms with Crippen LogP contribution in [0, 0.1) is 11.8 Å². The van der Waals surface area contributed by atoms with E-state index in [0.717, 1.165) is 4.88 Å². The Bertz CT molecular complexity index is 396. The molecule has 0 radical (unpaired) electrons. The van der Waals surface area contributed by atoms with E-state index >= 15 is 0 Å². The van der Waals surface area contributed by atoms with Crippen LogP contribution in [0.25, 0.3) is 0 Å². The van der Waals surface area contributed by atoms with Crippen LogP contribution in [-0.2, 0) is 0 Å². The predicted molar refractivity (Wildman–Crippen MR) is 67.8 cm³/mol. The highest BCUT2D eigenvalue weighted by molar-refractivity contribution is 7.16. The standard InChI is InChI=1S/C12H15ClF3NS/c13-10-6-5-9(18-10)11(17)7-1-3-8(4-2-7)12(14,15)16/h5-8,11H,1-4,17H2. The van der Waals surface area contributed by atoms with Crippen LogP contribution in [0.2, 0.25) is 4.34 Å². The van der Waals surface area contributed by atoms with Gasteiger partial charge in [-0.1, -0.05) is 11.6 Å². The van der Waals surface area contributed by atoms with Crippen LogP contribution in [0.3, 0.4) is 0 Å². The Morgan fingerprint density at radius 2 is 1.83 bits per heavy atom. The smallest absolute Gasteiger partial charge is 0.323 e. The Balaban J connectivity index is 1.94. The maximum atomic E-state index is 12.5. The molecule has 6 heteroatoms. The van der Waals surface area contributed by atoms with E-state index in [4.69, 9.17) is 17.3 Å². The Labute approximate surface area is 113 Å². The molecular weight excluding hydrogens is 283 g/mol. The molecule has 18 heavy (non-hydrogen) atoms. The van der Waals surface area contributed by atoms with Gasteiger partial charge >= 0.3 is 6.18 Å². The molecule has 1 atom stereocenters. The predicted octanol–water partition coefficient (Wildman–Crippen LogP) is 4.77. The third kappa shape index (κ3) is 3.19.